The minimum Gasteiger partial charge on any atom is -0.359 e. The van der Waals surface area contributed by atoms with Crippen molar-refractivity contribution in [3.8, 4) is 0 Å². The molecule has 1 aromatic rings. The minimum atomic E-state index is 0.241. The summed E-state index contributed by atoms with van der Waals surface area (Å²) in [5.41, 5.74) is 8.48. The molecule has 2 atom stereocenters. The molecule has 0 bridgehead atoms. The van der Waals surface area contributed by atoms with Crippen LogP contribution < -0.4 is 10.6 Å². The first kappa shape index (κ1) is 16.0. The zero-order valence-corrected chi connectivity index (χ0v) is 13.1. The summed E-state index contributed by atoms with van der Waals surface area (Å²) in [6.07, 6.45) is 5.10. The van der Waals surface area contributed by atoms with Crippen molar-refractivity contribution in [2.24, 2.45) is 11.7 Å². The maximum atomic E-state index is 6.00. The smallest absolute Gasteiger partial charge is 0.131 e. The van der Waals surface area contributed by atoms with E-state index in [1.54, 1.807) is 0 Å². The van der Waals surface area contributed by atoms with E-state index in [0.717, 1.165) is 25.2 Å². The van der Waals surface area contributed by atoms with Gasteiger partial charge in [0, 0.05) is 25.8 Å². The number of nitrogens with two attached hydrogens (primary N) is 1. The fraction of sp³-hybridized carbons (Fsp3) is 0.688. The van der Waals surface area contributed by atoms with Gasteiger partial charge in [-0.1, -0.05) is 33.3 Å². The van der Waals surface area contributed by atoms with E-state index in [0.29, 0.717) is 5.92 Å². The van der Waals surface area contributed by atoms with Gasteiger partial charge in [0.05, 0.1) is 0 Å². The van der Waals surface area contributed by atoms with Crippen molar-refractivity contribution < 1.29 is 0 Å². The van der Waals surface area contributed by atoms with Gasteiger partial charge < -0.3 is 10.6 Å². The standard InChI is InChI=1S/C16H29N3/c1-6-12(3)11-19(5)16-13(4)8-14(10-18-16)9-15(17)7-2/h8,10,12,15H,6-7,9,11,17H2,1-5H3. The van der Waals surface area contributed by atoms with Gasteiger partial charge in [0.25, 0.3) is 0 Å². The summed E-state index contributed by atoms with van der Waals surface area (Å²) in [4.78, 5) is 6.88. The lowest BCUT2D eigenvalue weighted by atomic mass is 10.0. The van der Waals surface area contributed by atoms with E-state index in [-0.39, 0.29) is 6.04 Å². The summed E-state index contributed by atoms with van der Waals surface area (Å²) in [7, 11) is 2.12. The van der Waals surface area contributed by atoms with E-state index in [4.69, 9.17) is 5.73 Å². The van der Waals surface area contributed by atoms with E-state index in [9.17, 15) is 0 Å². The molecule has 0 spiro atoms. The number of aromatic nitrogens is 1. The number of anilines is 1. The molecule has 1 rings (SSSR count). The van der Waals surface area contributed by atoms with Crippen LogP contribution in [0.25, 0.3) is 0 Å². The van der Waals surface area contributed by atoms with Crippen molar-refractivity contribution in [3.63, 3.8) is 0 Å². The molecule has 2 unspecified atom stereocenters. The Morgan fingerprint density at radius 2 is 2.00 bits per heavy atom. The third-order valence-corrected chi connectivity index (χ3v) is 3.77. The van der Waals surface area contributed by atoms with Gasteiger partial charge in [0.15, 0.2) is 0 Å². The highest BCUT2D eigenvalue weighted by molar-refractivity contribution is 5.46. The SMILES string of the molecule is CCC(C)CN(C)c1ncc(CC(N)CC)cc1C. The van der Waals surface area contributed by atoms with E-state index < -0.39 is 0 Å². The second kappa shape index (κ2) is 7.49. The predicted molar refractivity (Wildman–Crippen MR) is 83.7 cm³/mol. The number of aryl methyl sites for hydroxylation is 1. The molecule has 1 aromatic heterocycles. The molecule has 0 fully saturated rings. The van der Waals surface area contributed by atoms with Crippen LogP contribution in [-0.2, 0) is 6.42 Å². The normalized spacial score (nSPS) is 14.2. The first-order valence-electron chi connectivity index (χ1n) is 7.40. The first-order chi connectivity index (χ1) is 8.97. The Kier molecular flexibility index (Phi) is 6.29. The number of hydrogen-bond donors (Lipinski definition) is 1. The van der Waals surface area contributed by atoms with Crippen molar-refractivity contribution >= 4 is 5.82 Å². The fourth-order valence-corrected chi connectivity index (χ4v) is 2.27. The summed E-state index contributed by atoms with van der Waals surface area (Å²) < 4.78 is 0. The number of pyridine rings is 1. The lowest BCUT2D eigenvalue weighted by molar-refractivity contribution is 0.557. The average molecular weight is 263 g/mol. The van der Waals surface area contributed by atoms with Crippen LogP contribution in [0, 0.1) is 12.8 Å². The molecule has 0 saturated heterocycles. The van der Waals surface area contributed by atoms with Crippen LogP contribution in [0.5, 0.6) is 0 Å². The molecule has 19 heavy (non-hydrogen) atoms. The monoisotopic (exact) mass is 263 g/mol. The zero-order chi connectivity index (χ0) is 14.4. The maximum Gasteiger partial charge on any atom is 0.131 e. The molecular formula is C16H29N3. The van der Waals surface area contributed by atoms with Crippen molar-refractivity contribution in [1.29, 1.82) is 0 Å². The Bertz CT molecular complexity index is 390. The number of hydrogen-bond acceptors (Lipinski definition) is 3. The van der Waals surface area contributed by atoms with Crippen LogP contribution in [0.15, 0.2) is 12.3 Å². The summed E-state index contributed by atoms with van der Waals surface area (Å²) in [5, 5.41) is 0. The molecule has 1 heterocycles. The van der Waals surface area contributed by atoms with Gasteiger partial charge in [-0.15, -0.1) is 0 Å². The lowest BCUT2D eigenvalue weighted by Crippen LogP contribution is -2.26. The molecule has 0 aliphatic heterocycles. The van der Waals surface area contributed by atoms with Crippen LogP contribution in [0.2, 0.25) is 0 Å². The molecule has 0 aliphatic rings. The van der Waals surface area contributed by atoms with E-state index in [1.165, 1.54) is 17.5 Å². The minimum absolute atomic E-state index is 0.241. The third-order valence-electron chi connectivity index (χ3n) is 3.77. The molecule has 0 saturated carbocycles. The molecule has 3 heteroatoms. The van der Waals surface area contributed by atoms with Gasteiger partial charge in [-0.3, -0.25) is 0 Å². The topological polar surface area (TPSA) is 42.2 Å². The van der Waals surface area contributed by atoms with Gasteiger partial charge in [-0.05, 0) is 36.8 Å². The van der Waals surface area contributed by atoms with Gasteiger partial charge in [0.2, 0.25) is 0 Å². The van der Waals surface area contributed by atoms with Gasteiger partial charge in [-0.2, -0.15) is 0 Å². The van der Waals surface area contributed by atoms with Crippen LogP contribution in [-0.4, -0.2) is 24.6 Å². The second-order valence-electron chi connectivity index (χ2n) is 5.75. The van der Waals surface area contributed by atoms with Gasteiger partial charge >= 0.3 is 0 Å². The molecule has 0 aliphatic carbocycles. The average Bonchev–Trinajstić information content (AvgIpc) is 2.38. The largest absolute Gasteiger partial charge is 0.359 e. The van der Waals surface area contributed by atoms with E-state index >= 15 is 0 Å². The highest BCUT2D eigenvalue weighted by Gasteiger charge is 2.11. The molecule has 0 aromatic carbocycles. The molecular weight excluding hydrogens is 234 g/mol. The van der Waals surface area contributed by atoms with Crippen molar-refractivity contribution in [2.45, 2.75) is 53.0 Å². The summed E-state index contributed by atoms with van der Waals surface area (Å²) in [6.45, 7) is 9.82. The molecule has 3 nitrogen and oxygen atoms in total. The van der Waals surface area contributed by atoms with Crippen molar-refractivity contribution in [3.05, 3.63) is 23.4 Å². The zero-order valence-electron chi connectivity index (χ0n) is 13.1. The highest BCUT2D eigenvalue weighted by atomic mass is 15.2. The Labute approximate surface area is 118 Å². The van der Waals surface area contributed by atoms with Crippen LogP contribution >= 0.6 is 0 Å². The highest BCUT2D eigenvalue weighted by Crippen LogP contribution is 2.19. The molecule has 0 radical (unpaired) electrons. The van der Waals surface area contributed by atoms with Gasteiger partial charge in [-0.25, -0.2) is 4.98 Å². The summed E-state index contributed by atoms with van der Waals surface area (Å²) in [6, 6.07) is 2.47. The molecule has 108 valence electrons. The fourth-order valence-electron chi connectivity index (χ4n) is 2.27. The van der Waals surface area contributed by atoms with Crippen LogP contribution in [0.1, 0.15) is 44.7 Å². The molecule has 2 N–H and O–H groups in total. The summed E-state index contributed by atoms with van der Waals surface area (Å²) in [5.74, 6) is 1.79. The Morgan fingerprint density at radius 1 is 1.32 bits per heavy atom. The number of rotatable bonds is 7. The van der Waals surface area contributed by atoms with Gasteiger partial charge in [0.1, 0.15) is 5.82 Å². The first-order valence-corrected chi connectivity index (χ1v) is 7.40. The van der Waals surface area contributed by atoms with Crippen molar-refractivity contribution in [2.75, 3.05) is 18.5 Å². The lowest BCUT2D eigenvalue weighted by Gasteiger charge is -2.23. The Morgan fingerprint density at radius 3 is 2.53 bits per heavy atom. The quantitative estimate of drug-likeness (QED) is 0.821. The Hall–Kier alpha value is -1.09. The second-order valence-corrected chi connectivity index (χ2v) is 5.75. The molecule has 0 amide bonds. The van der Waals surface area contributed by atoms with E-state index in [1.807, 2.05) is 6.20 Å². The Balaban J connectivity index is 2.76. The van der Waals surface area contributed by atoms with E-state index in [2.05, 4.69) is 50.7 Å². The maximum absolute atomic E-state index is 6.00. The van der Waals surface area contributed by atoms with Crippen LogP contribution in [0.4, 0.5) is 5.82 Å². The van der Waals surface area contributed by atoms with Crippen LogP contribution in [0.3, 0.4) is 0 Å². The number of nitrogens with zero attached hydrogens (tertiary/aromatic N) is 2. The van der Waals surface area contributed by atoms with Crippen molar-refractivity contribution in [1.82, 2.24) is 4.98 Å². The predicted octanol–water partition coefficient (Wildman–Crippen LogP) is 3.15. The summed E-state index contributed by atoms with van der Waals surface area (Å²) >= 11 is 0. The third kappa shape index (κ3) is 4.83.